The van der Waals surface area contributed by atoms with E-state index in [1.54, 1.807) is 12.3 Å². The normalized spacial score (nSPS) is 10.2. The van der Waals surface area contributed by atoms with Crippen molar-refractivity contribution in [1.29, 1.82) is 0 Å². The summed E-state index contributed by atoms with van der Waals surface area (Å²) >= 11 is 6.95. The van der Waals surface area contributed by atoms with E-state index in [2.05, 4.69) is 25.1 Å². The molecule has 0 atom stereocenters. The molecule has 0 bridgehead atoms. The second-order valence-corrected chi connectivity index (χ2v) is 3.40. The van der Waals surface area contributed by atoms with Crippen LogP contribution in [0.15, 0.2) is 28.8 Å². The number of aromatic amines is 1. The summed E-state index contributed by atoms with van der Waals surface area (Å²) in [6.45, 7) is 0. The van der Waals surface area contributed by atoms with Crippen LogP contribution in [0.1, 0.15) is 0 Å². The molecule has 0 spiro atoms. The highest BCUT2D eigenvalue weighted by molar-refractivity contribution is 7.99. The van der Waals surface area contributed by atoms with E-state index in [4.69, 9.17) is 11.6 Å². The molecular weight excluding hydrogens is 210 g/mol. The average Bonchev–Trinajstić information content (AvgIpc) is 2.57. The van der Waals surface area contributed by atoms with Crippen LogP contribution in [0.2, 0.25) is 5.28 Å². The van der Waals surface area contributed by atoms with E-state index in [1.165, 1.54) is 18.1 Å². The van der Waals surface area contributed by atoms with Gasteiger partial charge in [0, 0.05) is 6.20 Å². The minimum Gasteiger partial charge on any atom is -0.254 e. The van der Waals surface area contributed by atoms with Crippen molar-refractivity contribution in [3.05, 3.63) is 23.9 Å². The van der Waals surface area contributed by atoms with E-state index in [0.29, 0.717) is 5.16 Å². The first-order chi connectivity index (χ1) is 6.34. The Morgan fingerprint density at radius 1 is 1.38 bits per heavy atom. The van der Waals surface area contributed by atoms with Crippen LogP contribution in [-0.4, -0.2) is 25.1 Å². The van der Waals surface area contributed by atoms with Crippen molar-refractivity contribution in [2.45, 2.75) is 10.2 Å². The zero-order valence-electron chi connectivity index (χ0n) is 6.31. The third-order valence-corrected chi connectivity index (χ3v) is 2.20. The van der Waals surface area contributed by atoms with Crippen molar-refractivity contribution in [3.63, 3.8) is 0 Å². The number of nitrogens with zero attached hydrogens (tertiary/aromatic N) is 4. The lowest BCUT2D eigenvalue weighted by molar-refractivity contribution is 0.962. The van der Waals surface area contributed by atoms with Crippen LogP contribution in [-0.2, 0) is 0 Å². The maximum absolute atomic E-state index is 5.60. The van der Waals surface area contributed by atoms with Crippen molar-refractivity contribution < 1.29 is 0 Å². The number of rotatable bonds is 2. The smallest absolute Gasteiger partial charge is 0.223 e. The number of H-pyrrole nitrogens is 1. The maximum atomic E-state index is 5.60. The molecule has 1 N–H and O–H groups in total. The Labute approximate surface area is 83.0 Å². The summed E-state index contributed by atoms with van der Waals surface area (Å²) in [4.78, 5) is 11.7. The zero-order chi connectivity index (χ0) is 9.10. The number of halogens is 1. The lowest BCUT2D eigenvalue weighted by atomic mass is 10.7. The second-order valence-electron chi connectivity index (χ2n) is 2.06. The minimum atomic E-state index is 0.226. The molecule has 0 fully saturated rings. The molecule has 2 heterocycles. The summed E-state index contributed by atoms with van der Waals surface area (Å²) in [5, 5.41) is 8.05. The van der Waals surface area contributed by atoms with Crippen LogP contribution < -0.4 is 0 Å². The fraction of sp³-hybridized carbons (Fsp3) is 0. The van der Waals surface area contributed by atoms with Crippen molar-refractivity contribution in [2.75, 3.05) is 0 Å². The van der Waals surface area contributed by atoms with Gasteiger partial charge < -0.3 is 0 Å². The molecule has 2 aromatic rings. The van der Waals surface area contributed by atoms with Crippen LogP contribution in [0.5, 0.6) is 0 Å². The van der Waals surface area contributed by atoms with Gasteiger partial charge in [-0.3, -0.25) is 5.10 Å². The summed E-state index contributed by atoms with van der Waals surface area (Å²) in [5.41, 5.74) is 0. The van der Waals surface area contributed by atoms with Crippen LogP contribution in [0.3, 0.4) is 0 Å². The minimum absolute atomic E-state index is 0.226. The molecule has 0 unspecified atom stereocenters. The van der Waals surface area contributed by atoms with E-state index in [9.17, 15) is 0 Å². The van der Waals surface area contributed by atoms with Crippen LogP contribution in [0, 0.1) is 0 Å². The summed E-state index contributed by atoms with van der Waals surface area (Å²) in [6.07, 6.45) is 3.03. The molecule has 13 heavy (non-hydrogen) atoms. The van der Waals surface area contributed by atoms with Crippen molar-refractivity contribution in [1.82, 2.24) is 25.1 Å². The fourth-order valence-corrected chi connectivity index (χ4v) is 1.57. The Morgan fingerprint density at radius 3 is 3.00 bits per heavy atom. The molecular formula is C6H4ClN5S. The maximum Gasteiger partial charge on any atom is 0.223 e. The monoisotopic (exact) mass is 213 g/mol. The lowest BCUT2D eigenvalue weighted by Crippen LogP contribution is -1.84. The van der Waals surface area contributed by atoms with Gasteiger partial charge in [0.05, 0.1) is 0 Å². The van der Waals surface area contributed by atoms with Crippen LogP contribution >= 0.6 is 23.4 Å². The number of nitrogens with one attached hydrogen (secondary N) is 1. The zero-order valence-corrected chi connectivity index (χ0v) is 7.88. The van der Waals surface area contributed by atoms with Crippen molar-refractivity contribution in [2.24, 2.45) is 0 Å². The molecule has 2 rings (SSSR count). The molecule has 0 saturated carbocycles. The van der Waals surface area contributed by atoms with Crippen molar-refractivity contribution in [3.8, 4) is 0 Å². The van der Waals surface area contributed by atoms with Crippen molar-refractivity contribution >= 4 is 23.4 Å². The molecule has 0 radical (unpaired) electrons. The van der Waals surface area contributed by atoms with Gasteiger partial charge in [-0.25, -0.2) is 15.0 Å². The molecule has 0 saturated heterocycles. The van der Waals surface area contributed by atoms with E-state index >= 15 is 0 Å². The first-order valence-electron chi connectivity index (χ1n) is 3.36. The molecule has 5 nitrogen and oxygen atoms in total. The third-order valence-electron chi connectivity index (χ3n) is 1.19. The van der Waals surface area contributed by atoms with E-state index in [0.717, 1.165) is 5.03 Å². The number of hydrogen-bond acceptors (Lipinski definition) is 5. The lowest BCUT2D eigenvalue weighted by Gasteiger charge is -1.94. The van der Waals surface area contributed by atoms with E-state index < -0.39 is 0 Å². The molecule has 0 amide bonds. The van der Waals surface area contributed by atoms with Gasteiger partial charge in [-0.2, -0.15) is 5.10 Å². The highest BCUT2D eigenvalue weighted by Gasteiger charge is 2.01. The fourth-order valence-electron chi connectivity index (χ4n) is 0.719. The van der Waals surface area contributed by atoms with Crippen LogP contribution in [0.4, 0.5) is 0 Å². The summed E-state index contributed by atoms with van der Waals surface area (Å²) in [7, 11) is 0. The summed E-state index contributed by atoms with van der Waals surface area (Å²) < 4.78 is 0. The van der Waals surface area contributed by atoms with E-state index in [1.807, 2.05) is 0 Å². The first kappa shape index (κ1) is 8.46. The largest absolute Gasteiger partial charge is 0.254 e. The Kier molecular flexibility index (Phi) is 2.42. The van der Waals surface area contributed by atoms with Gasteiger partial charge >= 0.3 is 0 Å². The van der Waals surface area contributed by atoms with E-state index in [-0.39, 0.29) is 5.28 Å². The predicted molar refractivity (Wildman–Crippen MR) is 47.5 cm³/mol. The standard InChI is InChI=1S/C6H4ClN5S/c7-5-8-2-1-4(11-5)13-6-9-3-10-12-6/h1-3H,(H,9,10,12). The summed E-state index contributed by atoms with van der Waals surface area (Å²) in [6, 6.07) is 1.75. The molecule has 66 valence electrons. The molecule has 0 aromatic carbocycles. The van der Waals surface area contributed by atoms with Gasteiger partial charge in [0.2, 0.25) is 5.28 Å². The molecule has 0 aliphatic heterocycles. The highest BCUT2D eigenvalue weighted by Crippen LogP contribution is 2.21. The van der Waals surface area contributed by atoms with Gasteiger partial charge in [0.15, 0.2) is 5.16 Å². The molecule has 0 aliphatic rings. The molecule has 0 aliphatic carbocycles. The molecule has 2 aromatic heterocycles. The SMILES string of the molecule is Clc1nccc(Sc2ncn[nH]2)n1. The quantitative estimate of drug-likeness (QED) is 0.603. The predicted octanol–water partition coefficient (Wildman–Crippen LogP) is 1.40. The second kappa shape index (κ2) is 3.71. The highest BCUT2D eigenvalue weighted by atomic mass is 35.5. The van der Waals surface area contributed by atoms with Gasteiger partial charge in [-0.05, 0) is 29.4 Å². The average molecular weight is 214 g/mol. The Balaban J connectivity index is 2.19. The number of aromatic nitrogens is 5. The first-order valence-corrected chi connectivity index (χ1v) is 4.56. The van der Waals surface area contributed by atoms with Gasteiger partial charge in [-0.15, -0.1) is 0 Å². The topological polar surface area (TPSA) is 67.3 Å². The summed E-state index contributed by atoms with van der Waals surface area (Å²) in [5.74, 6) is 0. The molecule has 7 heteroatoms. The van der Waals surface area contributed by atoms with Gasteiger partial charge in [0.1, 0.15) is 11.4 Å². The van der Waals surface area contributed by atoms with Crippen LogP contribution in [0.25, 0.3) is 0 Å². The third kappa shape index (κ3) is 2.16. The van der Waals surface area contributed by atoms with Gasteiger partial charge in [0.25, 0.3) is 0 Å². The van der Waals surface area contributed by atoms with Gasteiger partial charge in [-0.1, -0.05) is 0 Å². The Hall–Kier alpha value is -1.14. The Morgan fingerprint density at radius 2 is 2.31 bits per heavy atom. The Bertz CT molecular complexity index is 390. The number of hydrogen-bond donors (Lipinski definition) is 1.